The highest BCUT2D eigenvalue weighted by Gasteiger charge is 2.41. The average molecular weight is 315 g/mol. The third-order valence-corrected chi connectivity index (χ3v) is 4.97. The van der Waals surface area contributed by atoms with Crippen LogP contribution in [0.5, 0.6) is 0 Å². The molecule has 0 N–H and O–H groups in total. The van der Waals surface area contributed by atoms with E-state index in [1.165, 1.54) is 31.3 Å². The smallest absolute Gasteiger partial charge is 0.252 e. The van der Waals surface area contributed by atoms with Crippen LogP contribution in [0.1, 0.15) is 51.2 Å². The Hall–Kier alpha value is -1.78. The fourth-order valence-electron chi connectivity index (χ4n) is 3.09. The number of allylic oxidation sites excluding steroid dienone is 2. The molecule has 0 bridgehead atoms. The van der Waals surface area contributed by atoms with Gasteiger partial charge in [-0.15, -0.1) is 0 Å². The van der Waals surface area contributed by atoms with Gasteiger partial charge in [0.05, 0.1) is 6.61 Å². The summed E-state index contributed by atoms with van der Waals surface area (Å²) in [6.07, 6.45) is 9.62. The number of ether oxygens (including phenoxy) is 1. The Labute approximate surface area is 137 Å². The summed E-state index contributed by atoms with van der Waals surface area (Å²) in [6, 6.07) is 0. The first-order valence-electron chi connectivity index (χ1n) is 8.67. The van der Waals surface area contributed by atoms with Gasteiger partial charge in [0, 0.05) is 12.1 Å². The molecule has 1 aromatic rings. The molecule has 2 saturated carbocycles. The summed E-state index contributed by atoms with van der Waals surface area (Å²) < 4.78 is 11.8. The predicted octanol–water partition coefficient (Wildman–Crippen LogP) is 3.53. The van der Waals surface area contributed by atoms with Crippen molar-refractivity contribution in [2.45, 2.75) is 52.0 Å². The lowest BCUT2D eigenvalue weighted by Crippen LogP contribution is -2.44. The standard InChI is InChI=1S/C18H25N3O2/c1-12-19-17(23-20-12)18(2,3)21-10-4-5-15(14-8-9-14)16(21)22-11-13-6-7-13/h4-5,13-14H,6-11H2,1-3H3. The Balaban J connectivity index is 1.65. The van der Waals surface area contributed by atoms with E-state index in [9.17, 15) is 0 Å². The van der Waals surface area contributed by atoms with Crippen LogP contribution in [0.25, 0.3) is 0 Å². The number of aryl methyl sites for hydroxylation is 1. The van der Waals surface area contributed by atoms with E-state index in [2.05, 4.69) is 41.0 Å². The zero-order chi connectivity index (χ0) is 16.0. The number of aromatic nitrogens is 2. The lowest BCUT2D eigenvalue weighted by atomic mass is 9.99. The molecule has 0 atom stereocenters. The second kappa shape index (κ2) is 5.39. The van der Waals surface area contributed by atoms with Gasteiger partial charge in [-0.3, -0.25) is 0 Å². The van der Waals surface area contributed by atoms with Crippen LogP contribution < -0.4 is 0 Å². The first-order chi connectivity index (χ1) is 11.1. The molecule has 0 radical (unpaired) electrons. The van der Waals surface area contributed by atoms with E-state index in [1.807, 2.05) is 6.92 Å². The van der Waals surface area contributed by atoms with Crippen LogP contribution in [0, 0.1) is 18.8 Å². The van der Waals surface area contributed by atoms with Crippen LogP contribution >= 0.6 is 0 Å². The molecule has 0 unspecified atom stereocenters. The van der Waals surface area contributed by atoms with Crippen molar-refractivity contribution in [2.24, 2.45) is 11.8 Å². The zero-order valence-corrected chi connectivity index (χ0v) is 14.2. The number of nitrogens with zero attached hydrogens (tertiary/aromatic N) is 3. The maximum absolute atomic E-state index is 6.31. The molecular weight excluding hydrogens is 290 g/mol. The maximum Gasteiger partial charge on any atom is 0.252 e. The number of hydrogen-bond donors (Lipinski definition) is 0. The van der Waals surface area contributed by atoms with Crippen LogP contribution in [0.3, 0.4) is 0 Å². The molecule has 23 heavy (non-hydrogen) atoms. The normalized spacial score (nSPS) is 22.0. The van der Waals surface area contributed by atoms with Crippen LogP contribution in [-0.2, 0) is 10.3 Å². The fourth-order valence-corrected chi connectivity index (χ4v) is 3.09. The molecule has 2 fully saturated rings. The molecule has 3 aliphatic rings. The number of rotatable bonds is 6. The maximum atomic E-state index is 6.31. The summed E-state index contributed by atoms with van der Waals surface area (Å²) in [6.45, 7) is 7.75. The Bertz CT molecular complexity index is 651. The van der Waals surface area contributed by atoms with Gasteiger partial charge in [-0.2, -0.15) is 4.98 Å². The Kier molecular flexibility index (Phi) is 3.47. The minimum Gasteiger partial charge on any atom is -0.479 e. The second-order valence-electron chi connectivity index (χ2n) is 7.51. The monoisotopic (exact) mass is 315 g/mol. The first kappa shape index (κ1) is 14.8. The molecule has 1 aliphatic heterocycles. The molecule has 0 spiro atoms. The largest absolute Gasteiger partial charge is 0.479 e. The van der Waals surface area contributed by atoms with Crippen molar-refractivity contribution in [3.8, 4) is 0 Å². The van der Waals surface area contributed by atoms with Crippen LogP contribution in [0.4, 0.5) is 0 Å². The van der Waals surface area contributed by atoms with Gasteiger partial charge in [0.25, 0.3) is 5.89 Å². The van der Waals surface area contributed by atoms with Crippen molar-refractivity contribution in [2.75, 3.05) is 13.2 Å². The number of hydrogen-bond acceptors (Lipinski definition) is 5. The highest BCUT2D eigenvalue weighted by Crippen LogP contribution is 2.44. The average Bonchev–Trinajstić information content (AvgIpc) is 3.44. The Morgan fingerprint density at radius 1 is 1.30 bits per heavy atom. The van der Waals surface area contributed by atoms with Crippen LogP contribution in [0.15, 0.2) is 28.1 Å². The minimum atomic E-state index is -0.384. The Morgan fingerprint density at radius 3 is 2.70 bits per heavy atom. The van der Waals surface area contributed by atoms with E-state index in [0.717, 1.165) is 25.0 Å². The zero-order valence-electron chi connectivity index (χ0n) is 14.2. The second-order valence-corrected chi connectivity index (χ2v) is 7.51. The van der Waals surface area contributed by atoms with Gasteiger partial charge in [0.15, 0.2) is 11.7 Å². The van der Waals surface area contributed by atoms with E-state index in [0.29, 0.717) is 17.6 Å². The third-order valence-electron chi connectivity index (χ3n) is 4.97. The van der Waals surface area contributed by atoms with Gasteiger partial charge in [0.1, 0.15) is 5.54 Å². The van der Waals surface area contributed by atoms with E-state index in [4.69, 9.17) is 9.26 Å². The highest BCUT2D eigenvalue weighted by molar-refractivity contribution is 5.33. The van der Waals surface area contributed by atoms with Gasteiger partial charge in [-0.25, -0.2) is 0 Å². The van der Waals surface area contributed by atoms with Gasteiger partial charge in [0.2, 0.25) is 0 Å². The lowest BCUT2D eigenvalue weighted by molar-refractivity contribution is 0.0306. The van der Waals surface area contributed by atoms with E-state index in [1.54, 1.807) is 0 Å². The molecule has 0 aromatic carbocycles. The molecular formula is C18H25N3O2. The lowest BCUT2D eigenvalue weighted by Gasteiger charge is -2.40. The fraction of sp³-hybridized carbons (Fsp3) is 0.667. The minimum absolute atomic E-state index is 0.384. The summed E-state index contributed by atoms with van der Waals surface area (Å²) in [5, 5.41) is 3.97. The van der Waals surface area contributed by atoms with Gasteiger partial charge in [-0.1, -0.05) is 17.3 Å². The quantitative estimate of drug-likeness (QED) is 0.804. The van der Waals surface area contributed by atoms with E-state index < -0.39 is 0 Å². The molecule has 2 heterocycles. The van der Waals surface area contributed by atoms with Crippen molar-refractivity contribution in [3.63, 3.8) is 0 Å². The third kappa shape index (κ3) is 2.89. The van der Waals surface area contributed by atoms with E-state index >= 15 is 0 Å². The van der Waals surface area contributed by atoms with E-state index in [-0.39, 0.29) is 5.54 Å². The van der Waals surface area contributed by atoms with Crippen molar-refractivity contribution in [3.05, 3.63) is 35.3 Å². The molecule has 1 aromatic heterocycles. The summed E-state index contributed by atoms with van der Waals surface area (Å²) in [5.41, 5.74) is 0.964. The molecule has 4 rings (SSSR count). The molecule has 0 amide bonds. The topological polar surface area (TPSA) is 51.4 Å². The van der Waals surface area contributed by atoms with Crippen molar-refractivity contribution in [1.29, 1.82) is 0 Å². The molecule has 2 aliphatic carbocycles. The summed E-state index contributed by atoms with van der Waals surface area (Å²) in [4.78, 5) is 6.75. The molecule has 5 nitrogen and oxygen atoms in total. The predicted molar refractivity (Wildman–Crippen MR) is 86.3 cm³/mol. The van der Waals surface area contributed by atoms with Gasteiger partial charge < -0.3 is 14.2 Å². The van der Waals surface area contributed by atoms with Crippen LogP contribution in [0.2, 0.25) is 0 Å². The SMILES string of the molecule is Cc1noc(C(C)(C)N2CC=CC(C3CC3)=C2OCC2CC2)n1. The Morgan fingerprint density at radius 2 is 2.09 bits per heavy atom. The van der Waals surface area contributed by atoms with Crippen molar-refractivity contribution < 1.29 is 9.26 Å². The van der Waals surface area contributed by atoms with Gasteiger partial charge >= 0.3 is 0 Å². The highest BCUT2D eigenvalue weighted by atomic mass is 16.5. The van der Waals surface area contributed by atoms with Crippen LogP contribution in [-0.4, -0.2) is 28.2 Å². The molecule has 124 valence electrons. The summed E-state index contributed by atoms with van der Waals surface area (Å²) in [5.74, 6) is 3.75. The van der Waals surface area contributed by atoms with Gasteiger partial charge in [-0.05, 0) is 58.3 Å². The molecule has 0 saturated heterocycles. The summed E-state index contributed by atoms with van der Waals surface area (Å²) >= 11 is 0. The van der Waals surface area contributed by atoms with Crippen molar-refractivity contribution in [1.82, 2.24) is 15.0 Å². The summed E-state index contributed by atoms with van der Waals surface area (Å²) in [7, 11) is 0. The molecule has 5 heteroatoms. The van der Waals surface area contributed by atoms with Crippen molar-refractivity contribution >= 4 is 0 Å². The first-order valence-corrected chi connectivity index (χ1v) is 8.67.